The van der Waals surface area contributed by atoms with Crippen molar-refractivity contribution in [3.05, 3.63) is 35.4 Å². The van der Waals surface area contributed by atoms with E-state index in [4.69, 9.17) is 0 Å². The maximum atomic E-state index is 11.7. The Labute approximate surface area is 124 Å². The van der Waals surface area contributed by atoms with Gasteiger partial charge in [-0.25, -0.2) is 8.42 Å². The van der Waals surface area contributed by atoms with Crippen molar-refractivity contribution in [2.45, 2.75) is 25.1 Å². The summed E-state index contributed by atoms with van der Waals surface area (Å²) >= 11 is 1.44. The van der Waals surface area contributed by atoms with Gasteiger partial charge in [0, 0.05) is 11.8 Å². The van der Waals surface area contributed by atoms with Crippen molar-refractivity contribution >= 4 is 27.5 Å². The molecule has 1 N–H and O–H groups in total. The number of carbonyl (C=O) groups excluding carboxylic acids is 1. The lowest BCUT2D eigenvalue weighted by Crippen LogP contribution is -2.25. The van der Waals surface area contributed by atoms with E-state index in [9.17, 15) is 13.2 Å². The zero-order chi connectivity index (χ0) is 14.6. The normalized spacial score (nSPS) is 20.8. The van der Waals surface area contributed by atoms with Gasteiger partial charge in [0.05, 0.1) is 17.3 Å². The number of sulfone groups is 1. The highest BCUT2D eigenvalue weighted by atomic mass is 32.2. The molecule has 1 aromatic rings. The van der Waals surface area contributed by atoms with Crippen LogP contribution in [-0.2, 0) is 21.2 Å². The van der Waals surface area contributed by atoms with Gasteiger partial charge in [0.2, 0.25) is 5.91 Å². The topological polar surface area (TPSA) is 63.2 Å². The number of rotatable bonds is 5. The predicted molar refractivity (Wildman–Crippen MR) is 82.5 cm³/mol. The van der Waals surface area contributed by atoms with Gasteiger partial charge in [0.1, 0.15) is 0 Å². The third kappa shape index (κ3) is 4.83. The molecule has 0 saturated carbocycles. The van der Waals surface area contributed by atoms with E-state index >= 15 is 0 Å². The van der Waals surface area contributed by atoms with Gasteiger partial charge in [-0.05, 0) is 18.9 Å². The van der Waals surface area contributed by atoms with E-state index in [0.717, 1.165) is 5.56 Å². The van der Waals surface area contributed by atoms with Crippen molar-refractivity contribution < 1.29 is 13.2 Å². The average Bonchev–Trinajstić information content (AvgIpc) is 2.75. The summed E-state index contributed by atoms with van der Waals surface area (Å²) in [5.74, 6) is 0.754. The first kappa shape index (κ1) is 15.4. The minimum atomic E-state index is -2.86. The van der Waals surface area contributed by atoms with Crippen molar-refractivity contribution in [2.75, 3.05) is 17.3 Å². The number of thioether (sulfide) groups is 1. The first-order valence-electron chi connectivity index (χ1n) is 6.59. The number of carbonyl (C=O) groups is 1. The Morgan fingerprint density at radius 1 is 1.35 bits per heavy atom. The molecule has 1 unspecified atom stereocenters. The molecule has 110 valence electrons. The molecule has 1 aromatic carbocycles. The van der Waals surface area contributed by atoms with Crippen molar-refractivity contribution in [2.24, 2.45) is 0 Å². The first-order valence-corrected chi connectivity index (χ1v) is 9.46. The number of amides is 1. The highest BCUT2D eigenvalue weighted by Gasteiger charge is 2.28. The minimum Gasteiger partial charge on any atom is -0.351 e. The highest BCUT2D eigenvalue weighted by molar-refractivity contribution is 8.02. The fourth-order valence-electron chi connectivity index (χ4n) is 2.04. The van der Waals surface area contributed by atoms with E-state index in [2.05, 4.69) is 5.32 Å². The van der Waals surface area contributed by atoms with Crippen LogP contribution in [0.25, 0.3) is 0 Å². The van der Waals surface area contributed by atoms with Crippen LogP contribution in [0.15, 0.2) is 24.3 Å². The summed E-state index contributed by atoms with van der Waals surface area (Å²) in [6.45, 7) is 2.54. The molecule has 1 aliphatic heterocycles. The standard InChI is InChI=1S/C14H19NO3S2/c1-11-2-4-12(5-3-11)8-15-14(16)9-19-13-6-7-20(17,18)10-13/h2-5,13H,6-10H2,1H3,(H,15,16). The SMILES string of the molecule is Cc1ccc(CNC(=O)CSC2CCS(=O)(=O)C2)cc1. The molecule has 0 aromatic heterocycles. The van der Waals surface area contributed by atoms with Crippen molar-refractivity contribution in [3.8, 4) is 0 Å². The Hall–Kier alpha value is -1.01. The molecule has 0 bridgehead atoms. The van der Waals surface area contributed by atoms with E-state index in [1.807, 2.05) is 31.2 Å². The molecule has 2 rings (SSSR count). The highest BCUT2D eigenvalue weighted by Crippen LogP contribution is 2.23. The molecular formula is C14H19NO3S2. The van der Waals surface area contributed by atoms with Crippen LogP contribution in [0.1, 0.15) is 17.5 Å². The zero-order valence-electron chi connectivity index (χ0n) is 11.5. The van der Waals surface area contributed by atoms with Gasteiger partial charge in [-0.3, -0.25) is 4.79 Å². The van der Waals surface area contributed by atoms with Crippen molar-refractivity contribution in [1.82, 2.24) is 5.32 Å². The van der Waals surface area contributed by atoms with Crippen LogP contribution in [0.3, 0.4) is 0 Å². The fraction of sp³-hybridized carbons (Fsp3) is 0.500. The second kappa shape index (κ2) is 6.63. The largest absolute Gasteiger partial charge is 0.351 e. The van der Waals surface area contributed by atoms with E-state index < -0.39 is 9.84 Å². The van der Waals surface area contributed by atoms with Crippen molar-refractivity contribution in [3.63, 3.8) is 0 Å². The molecule has 1 saturated heterocycles. The Morgan fingerprint density at radius 2 is 2.05 bits per heavy atom. The summed E-state index contributed by atoms with van der Waals surface area (Å²) in [7, 11) is -2.86. The van der Waals surface area contributed by atoms with E-state index in [1.54, 1.807) is 0 Å². The summed E-state index contributed by atoms with van der Waals surface area (Å²) in [4.78, 5) is 11.7. The molecule has 4 nitrogen and oxygen atoms in total. The fourth-order valence-corrected chi connectivity index (χ4v) is 5.52. The second-order valence-electron chi connectivity index (χ2n) is 5.10. The number of aryl methyl sites for hydroxylation is 1. The van der Waals surface area contributed by atoms with Crippen LogP contribution < -0.4 is 5.32 Å². The summed E-state index contributed by atoms with van der Waals surface area (Å²) in [6, 6.07) is 8.01. The Morgan fingerprint density at radius 3 is 2.65 bits per heavy atom. The Balaban J connectivity index is 1.69. The number of hydrogen-bond acceptors (Lipinski definition) is 4. The molecule has 1 fully saturated rings. The Bertz CT molecular complexity index is 567. The minimum absolute atomic E-state index is 0.0418. The van der Waals surface area contributed by atoms with Crippen LogP contribution in [0.4, 0.5) is 0 Å². The number of benzene rings is 1. The molecular weight excluding hydrogens is 294 g/mol. The van der Waals surface area contributed by atoms with E-state index in [-0.39, 0.29) is 22.7 Å². The van der Waals surface area contributed by atoms with Gasteiger partial charge < -0.3 is 5.32 Å². The maximum absolute atomic E-state index is 11.7. The molecule has 0 aliphatic carbocycles. The molecule has 0 spiro atoms. The Kier molecular flexibility index (Phi) is 5.10. The van der Waals surface area contributed by atoms with Crippen LogP contribution >= 0.6 is 11.8 Å². The third-order valence-electron chi connectivity index (χ3n) is 3.25. The van der Waals surface area contributed by atoms with Gasteiger partial charge in [-0.2, -0.15) is 0 Å². The first-order chi connectivity index (χ1) is 9.44. The second-order valence-corrected chi connectivity index (χ2v) is 8.62. The summed E-state index contributed by atoms with van der Waals surface area (Å²) in [5, 5.41) is 2.93. The summed E-state index contributed by atoms with van der Waals surface area (Å²) in [6.07, 6.45) is 0.665. The zero-order valence-corrected chi connectivity index (χ0v) is 13.1. The lowest BCUT2D eigenvalue weighted by atomic mass is 10.1. The number of hydrogen-bond donors (Lipinski definition) is 1. The van der Waals surface area contributed by atoms with Gasteiger partial charge in [0.25, 0.3) is 0 Å². The van der Waals surface area contributed by atoms with E-state index in [1.165, 1.54) is 17.3 Å². The predicted octanol–water partition coefficient (Wildman–Crippen LogP) is 1.53. The van der Waals surface area contributed by atoms with Crippen LogP contribution in [0.5, 0.6) is 0 Å². The number of nitrogens with one attached hydrogen (secondary N) is 1. The van der Waals surface area contributed by atoms with Crippen LogP contribution in [0, 0.1) is 6.92 Å². The lowest BCUT2D eigenvalue weighted by Gasteiger charge is -2.08. The maximum Gasteiger partial charge on any atom is 0.230 e. The third-order valence-corrected chi connectivity index (χ3v) is 6.53. The molecule has 1 amide bonds. The monoisotopic (exact) mass is 313 g/mol. The van der Waals surface area contributed by atoms with Crippen LogP contribution in [0.2, 0.25) is 0 Å². The van der Waals surface area contributed by atoms with Crippen molar-refractivity contribution in [1.29, 1.82) is 0 Å². The van der Waals surface area contributed by atoms with E-state index in [0.29, 0.717) is 18.7 Å². The molecule has 1 heterocycles. The van der Waals surface area contributed by atoms with Gasteiger partial charge in [0.15, 0.2) is 9.84 Å². The summed E-state index contributed by atoms with van der Waals surface area (Å²) < 4.78 is 22.6. The van der Waals surface area contributed by atoms with Gasteiger partial charge >= 0.3 is 0 Å². The average molecular weight is 313 g/mol. The molecule has 1 aliphatic rings. The molecule has 6 heteroatoms. The molecule has 20 heavy (non-hydrogen) atoms. The molecule has 1 atom stereocenters. The lowest BCUT2D eigenvalue weighted by molar-refractivity contribution is -0.118. The smallest absolute Gasteiger partial charge is 0.230 e. The van der Waals surface area contributed by atoms with Crippen LogP contribution in [-0.4, -0.2) is 36.8 Å². The van der Waals surface area contributed by atoms with Gasteiger partial charge in [-0.1, -0.05) is 29.8 Å². The molecule has 0 radical (unpaired) electrons. The summed E-state index contributed by atoms with van der Waals surface area (Å²) in [5.41, 5.74) is 2.26. The van der Waals surface area contributed by atoms with Gasteiger partial charge in [-0.15, -0.1) is 11.8 Å². The quantitative estimate of drug-likeness (QED) is 0.895.